The van der Waals surface area contributed by atoms with Gasteiger partial charge in [-0.15, -0.1) is 0 Å². The van der Waals surface area contributed by atoms with Gasteiger partial charge in [0.25, 0.3) is 5.69 Å². The standard InChI is InChI=1S/C8H8FN3O3/c9-6-3-5(12(14)15)1-2-7(6)11-4-8(10)13/h1-3,11H,4H2,(H2,10,13). The van der Waals surface area contributed by atoms with Gasteiger partial charge < -0.3 is 11.1 Å². The van der Waals surface area contributed by atoms with Crippen molar-refractivity contribution in [1.29, 1.82) is 0 Å². The lowest BCUT2D eigenvalue weighted by Crippen LogP contribution is -2.22. The number of nitro benzene ring substituents is 1. The number of hydrogen-bond donors (Lipinski definition) is 2. The molecule has 0 unspecified atom stereocenters. The number of halogens is 1. The number of non-ortho nitro benzene ring substituents is 1. The van der Waals surface area contributed by atoms with Gasteiger partial charge in [0.05, 0.1) is 23.2 Å². The highest BCUT2D eigenvalue weighted by Crippen LogP contribution is 2.19. The van der Waals surface area contributed by atoms with E-state index in [0.29, 0.717) is 0 Å². The van der Waals surface area contributed by atoms with Gasteiger partial charge in [0.15, 0.2) is 5.82 Å². The maximum Gasteiger partial charge on any atom is 0.272 e. The molecule has 3 N–H and O–H groups in total. The highest BCUT2D eigenvalue weighted by Gasteiger charge is 2.10. The summed E-state index contributed by atoms with van der Waals surface area (Å²) >= 11 is 0. The van der Waals surface area contributed by atoms with Crippen molar-refractivity contribution in [2.45, 2.75) is 0 Å². The highest BCUT2D eigenvalue weighted by atomic mass is 19.1. The summed E-state index contributed by atoms with van der Waals surface area (Å²) in [6.07, 6.45) is 0. The summed E-state index contributed by atoms with van der Waals surface area (Å²) in [6.45, 7) is -0.227. The van der Waals surface area contributed by atoms with Gasteiger partial charge >= 0.3 is 0 Å². The van der Waals surface area contributed by atoms with E-state index in [1.807, 2.05) is 0 Å². The van der Waals surface area contributed by atoms with Crippen LogP contribution < -0.4 is 11.1 Å². The average molecular weight is 213 g/mol. The molecule has 0 fully saturated rings. The number of nitrogens with one attached hydrogen (secondary N) is 1. The molecule has 0 radical (unpaired) electrons. The minimum atomic E-state index is -0.801. The minimum Gasteiger partial charge on any atom is -0.374 e. The first-order chi connectivity index (χ1) is 7.00. The van der Waals surface area contributed by atoms with Gasteiger partial charge in [-0.1, -0.05) is 0 Å². The van der Waals surface area contributed by atoms with Crippen LogP contribution in [0.5, 0.6) is 0 Å². The van der Waals surface area contributed by atoms with Crippen molar-refractivity contribution in [3.8, 4) is 0 Å². The summed E-state index contributed by atoms with van der Waals surface area (Å²) in [6, 6.07) is 3.08. The molecule has 0 saturated heterocycles. The highest BCUT2D eigenvalue weighted by molar-refractivity contribution is 5.78. The third kappa shape index (κ3) is 2.90. The summed E-state index contributed by atoms with van der Waals surface area (Å²) in [5.41, 5.74) is 4.49. The summed E-state index contributed by atoms with van der Waals surface area (Å²) in [5, 5.41) is 12.7. The van der Waals surface area contributed by atoms with Crippen molar-refractivity contribution in [1.82, 2.24) is 0 Å². The Kier molecular flexibility index (Phi) is 3.17. The zero-order valence-corrected chi connectivity index (χ0v) is 7.57. The molecule has 1 aromatic carbocycles. The first-order valence-corrected chi connectivity index (χ1v) is 3.97. The average Bonchev–Trinajstić information content (AvgIpc) is 2.15. The van der Waals surface area contributed by atoms with Crippen LogP contribution in [-0.4, -0.2) is 17.4 Å². The quantitative estimate of drug-likeness (QED) is 0.566. The number of anilines is 1. The molecule has 1 amide bonds. The molecule has 7 heteroatoms. The normalized spacial score (nSPS) is 9.67. The Balaban J connectivity index is 2.83. The van der Waals surface area contributed by atoms with Crippen molar-refractivity contribution in [3.63, 3.8) is 0 Å². The van der Waals surface area contributed by atoms with Crippen LogP contribution in [0.4, 0.5) is 15.8 Å². The number of rotatable bonds is 4. The maximum absolute atomic E-state index is 13.1. The van der Waals surface area contributed by atoms with Crippen molar-refractivity contribution in [2.24, 2.45) is 5.73 Å². The van der Waals surface area contributed by atoms with Gasteiger partial charge in [-0.05, 0) is 6.07 Å². The Labute approximate surface area is 84.0 Å². The topological polar surface area (TPSA) is 98.3 Å². The van der Waals surface area contributed by atoms with Gasteiger partial charge in [-0.3, -0.25) is 14.9 Å². The van der Waals surface area contributed by atoms with Crippen molar-refractivity contribution in [2.75, 3.05) is 11.9 Å². The fraction of sp³-hybridized carbons (Fsp3) is 0.125. The molecule has 0 saturated carbocycles. The molecule has 80 valence electrons. The number of benzene rings is 1. The molecule has 0 spiro atoms. The van der Waals surface area contributed by atoms with Gasteiger partial charge in [0.1, 0.15) is 0 Å². The van der Waals surface area contributed by atoms with E-state index in [-0.39, 0.29) is 17.9 Å². The summed E-state index contributed by atoms with van der Waals surface area (Å²) in [7, 11) is 0. The zero-order chi connectivity index (χ0) is 11.4. The van der Waals surface area contributed by atoms with E-state index in [2.05, 4.69) is 5.32 Å². The van der Waals surface area contributed by atoms with Gasteiger partial charge in [-0.2, -0.15) is 0 Å². The third-order valence-corrected chi connectivity index (χ3v) is 1.62. The summed E-state index contributed by atoms with van der Waals surface area (Å²) in [4.78, 5) is 20.0. The molecule has 1 rings (SSSR count). The SMILES string of the molecule is NC(=O)CNc1ccc([N+](=O)[O-])cc1F. The largest absolute Gasteiger partial charge is 0.374 e. The monoisotopic (exact) mass is 213 g/mol. The number of primary amides is 1. The molecule has 0 heterocycles. The summed E-state index contributed by atoms with van der Waals surface area (Å²) < 4.78 is 13.1. The van der Waals surface area contributed by atoms with Crippen LogP contribution >= 0.6 is 0 Å². The lowest BCUT2D eigenvalue weighted by Gasteiger charge is -2.04. The van der Waals surface area contributed by atoms with Crippen LogP contribution in [0.25, 0.3) is 0 Å². The molecule has 15 heavy (non-hydrogen) atoms. The van der Waals surface area contributed by atoms with Crippen LogP contribution in [-0.2, 0) is 4.79 Å². The maximum atomic E-state index is 13.1. The molecular formula is C8H8FN3O3. The van der Waals surface area contributed by atoms with Gasteiger partial charge in [0, 0.05) is 6.07 Å². The fourth-order valence-electron chi connectivity index (χ4n) is 0.943. The Hall–Kier alpha value is -2.18. The van der Waals surface area contributed by atoms with Gasteiger partial charge in [0.2, 0.25) is 5.91 Å². The van der Waals surface area contributed by atoms with Crippen LogP contribution in [0.15, 0.2) is 18.2 Å². The van der Waals surface area contributed by atoms with E-state index in [4.69, 9.17) is 5.73 Å². The second-order valence-electron chi connectivity index (χ2n) is 2.74. The number of carbonyl (C=O) groups excluding carboxylic acids is 1. The number of hydrogen-bond acceptors (Lipinski definition) is 4. The number of nitrogens with zero attached hydrogens (tertiary/aromatic N) is 1. The second-order valence-corrected chi connectivity index (χ2v) is 2.74. The second kappa shape index (κ2) is 4.36. The molecule has 0 aliphatic rings. The van der Waals surface area contributed by atoms with E-state index in [9.17, 15) is 19.3 Å². The van der Waals surface area contributed by atoms with Crippen LogP contribution in [0, 0.1) is 15.9 Å². The summed E-state index contributed by atoms with van der Waals surface area (Å²) in [5.74, 6) is -1.45. The lowest BCUT2D eigenvalue weighted by molar-refractivity contribution is -0.385. The molecule has 1 aromatic rings. The van der Waals surface area contributed by atoms with Crippen molar-refractivity contribution < 1.29 is 14.1 Å². The lowest BCUT2D eigenvalue weighted by atomic mass is 10.2. The Morgan fingerprint density at radius 1 is 1.60 bits per heavy atom. The first-order valence-electron chi connectivity index (χ1n) is 3.97. The van der Waals surface area contributed by atoms with Crippen LogP contribution in [0.1, 0.15) is 0 Å². The first kappa shape index (κ1) is 10.9. The molecule has 0 aliphatic heterocycles. The Morgan fingerprint density at radius 3 is 2.73 bits per heavy atom. The molecular weight excluding hydrogens is 205 g/mol. The Bertz CT molecular complexity index is 408. The minimum absolute atomic E-state index is 0.000556. The molecule has 0 aromatic heterocycles. The number of amides is 1. The van der Waals surface area contributed by atoms with E-state index < -0.39 is 16.6 Å². The van der Waals surface area contributed by atoms with E-state index in [1.165, 1.54) is 6.07 Å². The Morgan fingerprint density at radius 2 is 2.27 bits per heavy atom. The predicted octanol–water partition coefficient (Wildman–Crippen LogP) is 0.631. The van der Waals surface area contributed by atoms with E-state index in [1.54, 1.807) is 0 Å². The number of carbonyl (C=O) groups is 1. The van der Waals surface area contributed by atoms with Crippen LogP contribution in [0.3, 0.4) is 0 Å². The fourth-order valence-corrected chi connectivity index (χ4v) is 0.943. The molecule has 0 aliphatic carbocycles. The molecule has 0 bridgehead atoms. The predicted molar refractivity (Wildman–Crippen MR) is 50.7 cm³/mol. The van der Waals surface area contributed by atoms with Gasteiger partial charge in [-0.25, -0.2) is 4.39 Å². The van der Waals surface area contributed by atoms with E-state index >= 15 is 0 Å². The van der Waals surface area contributed by atoms with Crippen LogP contribution in [0.2, 0.25) is 0 Å². The van der Waals surface area contributed by atoms with E-state index in [0.717, 1.165) is 12.1 Å². The number of nitrogens with two attached hydrogens (primary N) is 1. The molecule has 6 nitrogen and oxygen atoms in total. The number of nitro groups is 1. The van der Waals surface area contributed by atoms with Crippen molar-refractivity contribution >= 4 is 17.3 Å². The molecule has 0 atom stereocenters. The van der Waals surface area contributed by atoms with Crippen molar-refractivity contribution in [3.05, 3.63) is 34.1 Å². The smallest absolute Gasteiger partial charge is 0.272 e. The third-order valence-electron chi connectivity index (χ3n) is 1.62. The zero-order valence-electron chi connectivity index (χ0n) is 7.57.